The zero-order valence-electron chi connectivity index (χ0n) is 23.9. The second-order valence-electron chi connectivity index (χ2n) is 8.97. The number of benzene rings is 3. The van der Waals surface area contributed by atoms with Gasteiger partial charge in [0.15, 0.2) is 17.3 Å². The molecular weight excluding hydrogens is 572 g/mol. The first-order chi connectivity index (χ1) is 20.8. The summed E-state index contributed by atoms with van der Waals surface area (Å²) in [6, 6.07) is 20.4. The van der Waals surface area contributed by atoms with Gasteiger partial charge in [-0.15, -0.1) is 11.8 Å². The minimum atomic E-state index is -0.581. The van der Waals surface area contributed by atoms with Crippen LogP contribution in [0, 0.1) is 6.92 Å². The van der Waals surface area contributed by atoms with Crippen molar-refractivity contribution in [3.63, 3.8) is 0 Å². The first-order valence-corrected chi connectivity index (χ1v) is 13.9. The first kappa shape index (κ1) is 30.7. The van der Waals surface area contributed by atoms with Crippen LogP contribution in [0.3, 0.4) is 0 Å². The second-order valence-corrected chi connectivity index (χ2v) is 10.0. The molecule has 12 heteroatoms. The molecule has 222 valence electrons. The van der Waals surface area contributed by atoms with Gasteiger partial charge in [0, 0.05) is 33.8 Å². The minimum Gasteiger partial charge on any atom is -0.496 e. The Morgan fingerprint density at radius 3 is 2.26 bits per heavy atom. The second kappa shape index (κ2) is 14.6. The Morgan fingerprint density at radius 2 is 1.58 bits per heavy atom. The van der Waals surface area contributed by atoms with Crippen molar-refractivity contribution < 1.29 is 33.1 Å². The topological polar surface area (TPSA) is 141 Å². The van der Waals surface area contributed by atoms with Crippen LogP contribution in [-0.2, 0) is 9.59 Å². The molecule has 43 heavy (non-hydrogen) atoms. The van der Waals surface area contributed by atoms with Crippen molar-refractivity contribution in [1.29, 1.82) is 0 Å². The van der Waals surface area contributed by atoms with Crippen LogP contribution < -0.4 is 30.2 Å². The van der Waals surface area contributed by atoms with E-state index in [0.717, 1.165) is 4.90 Å². The summed E-state index contributed by atoms with van der Waals surface area (Å²) in [5.74, 6) is 0.976. The van der Waals surface area contributed by atoms with Crippen molar-refractivity contribution in [2.75, 3.05) is 37.7 Å². The lowest BCUT2D eigenvalue weighted by molar-refractivity contribution is -0.114. The van der Waals surface area contributed by atoms with Crippen molar-refractivity contribution in [3.05, 3.63) is 95.4 Å². The van der Waals surface area contributed by atoms with Gasteiger partial charge in [0.05, 0.1) is 27.1 Å². The third kappa shape index (κ3) is 8.39. The number of amides is 3. The number of hydrogen-bond donors (Lipinski definition) is 3. The summed E-state index contributed by atoms with van der Waals surface area (Å²) in [5, 5.41) is 12.0. The van der Waals surface area contributed by atoms with Crippen LogP contribution >= 0.6 is 11.8 Å². The molecule has 0 atom stereocenters. The molecule has 0 saturated heterocycles. The van der Waals surface area contributed by atoms with Crippen LogP contribution in [0.25, 0.3) is 6.08 Å². The summed E-state index contributed by atoms with van der Waals surface area (Å²) in [6.07, 6.45) is 1.49. The molecule has 0 fully saturated rings. The van der Waals surface area contributed by atoms with E-state index in [0.29, 0.717) is 45.6 Å². The number of ether oxygens (including phenoxy) is 3. The van der Waals surface area contributed by atoms with E-state index in [-0.39, 0.29) is 17.4 Å². The van der Waals surface area contributed by atoms with Crippen molar-refractivity contribution >= 4 is 47.1 Å². The van der Waals surface area contributed by atoms with Crippen LogP contribution in [0.4, 0.5) is 11.5 Å². The Balaban J connectivity index is 1.56. The van der Waals surface area contributed by atoms with Crippen molar-refractivity contribution in [3.8, 4) is 17.2 Å². The van der Waals surface area contributed by atoms with Crippen molar-refractivity contribution in [2.45, 2.75) is 11.8 Å². The smallest absolute Gasteiger partial charge is 0.272 e. The summed E-state index contributed by atoms with van der Waals surface area (Å²) in [5.41, 5.74) is 1.26. The fourth-order valence-electron chi connectivity index (χ4n) is 3.88. The molecule has 0 radical (unpaired) electrons. The van der Waals surface area contributed by atoms with E-state index in [9.17, 15) is 14.4 Å². The zero-order chi connectivity index (χ0) is 30.8. The summed E-state index contributed by atoms with van der Waals surface area (Å²) >= 11 is 1.28. The monoisotopic (exact) mass is 602 g/mol. The average molecular weight is 603 g/mol. The zero-order valence-corrected chi connectivity index (χ0v) is 24.7. The molecule has 0 bridgehead atoms. The summed E-state index contributed by atoms with van der Waals surface area (Å²) < 4.78 is 21.2. The highest BCUT2D eigenvalue weighted by Gasteiger charge is 2.18. The molecule has 0 saturated carbocycles. The molecule has 11 nitrogen and oxygen atoms in total. The van der Waals surface area contributed by atoms with E-state index in [4.69, 9.17) is 18.7 Å². The van der Waals surface area contributed by atoms with Gasteiger partial charge in [0.2, 0.25) is 5.91 Å². The number of carbonyl (C=O) groups is 3. The normalized spacial score (nSPS) is 10.9. The molecular formula is C31H30N4O7S. The van der Waals surface area contributed by atoms with Gasteiger partial charge in [-0.25, -0.2) is 0 Å². The molecule has 3 amide bonds. The van der Waals surface area contributed by atoms with Gasteiger partial charge in [0.25, 0.3) is 11.8 Å². The number of methoxy groups -OCH3 is 3. The average Bonchev–Trinajstić information content (AvgIpc) is 3.43. The van der Waals surface area contributed by atoms with E-state index in [2.05, 4.69) is 21.1 Å². The Labute approximate surface area is 252 Å². The van der Waals surface area contributed by atoms with E-state index in [1.165, 1.54) is 39.2 Å². The number of aromatic nitrogens is 1. The number of hydrogen-bond acceptors (Lipinski definition) is 9. The van der Waals surface area contributed by atoms with Gasteiger partial charge in [-0.2, -0.15) is 0 Å². The maximum absolute atomic E-state index is 13.6. The first-order valence-electron chi connectivity index (χ1n) is 12.9. The lowest BCUT2D eigenvalue weighted by Crippen LogP contribution is -2.30. The fourth-order valence-corrected chi connectivity index (χ4v) is 4.63. The third-order valence-corrected chi connectivity index (χ3v) is 6.92. The summed E-state index contributed by atoms with van der Waals surface area (Å²) in [6.45, 7) is 1.73. The maximum Gasteiger partial charge on any atom is 0.272 e. The summed E-state index contributed by atoms with van der Waals surface area (Å²) in [7, 11) is 4.48. The number of nitrogens with zero attached hydrogens (tertiary/aromatic N) is 1. The van der Waals surface area contributed by atoms with Gasteiger partial charge in [-0.1, -0.05) is 29.4 Å². The van der Waals surface area contributed by atoms with Gasteiger partial charge in [-0.05, 0) is 49.4 Å². The van der Waals surface area contributed by atoms with Crippen LogP contribution in [0.1, 0.15) is 21.7 Å². The van der Waals surface area contributed by atoms with Crippen molar-refractivity contribution in [1.82, 2.24) is 10.5 Å². The molecule has 1 aromatic heterocycles. The molecule has 0 aliphatic carbocycles. The van der Waals surface area contributed by atoms with Crippen LogP contribution in [0.2, 0.25) is 0 Å². The minimum absolute atomic E-state index is 0.0419. The number of aryl methyl sites for hydroxylation is 1. The number of carbonyl (C=O) groups excluding carboxylic acids is 3. The van der Waals surface area contributed by atoms with Crippen LogP contribution in [0.5, 0.6) is 17.2 Å². The molecule has 0 spiro atoms. The maximum atomic E-state index is 13.6. The summed E-state index contributed by atoms with van der Waals surface area (Å²) in [4.78, 5) is 39.7. The molecule has 3 aromatic carbocycles. The molecule has 4 rings (SSSR count). The number of nitrogens with one attached hydrogen (secondary N) is 3. The molecule has 1 heterocycles. The standard InChI is InChI=1S/C31H30N4O7S/c1-19-13-28(35-42-19)34-29(36)18-43-23-12-8-11-22(16-23)32-31(38)24(33-30(37)20-9-6-5-7-10-20)14-21-15-26(40-3)27(41-4)17-25(21)39-2/h5-17H,18H2,1-4H3,(H,32,38)(H,33,37)(H,34,35,36)/b24-14+. The molecule has 0 aliphatic heterocycles. The Morgan fingerprint density at radius 1 is 0.860 bits per heavy atom. The van der Waals surface area contributed by atoms with Gasteiger partial charge >= 0.3 is 0 Å². The Hall–Kier alpha value is -5.23. The number of rotatable bonds is 12. The highest BCUT2D eigenvalue weighted by molar-refractivity contribution is 8.00. The fraction of sp³-hybridized carbons (Fsp3) is 0.161. The molecule has 0 unspecified atom stereocenters. The lowest BCUT2D eigenvalue weighted by atomic mass is 10.1. The number of anilines is 2. The highest BCUT2D eigenvalue weighted by Crippen LogP contribution is 2.35. The molecule has 3 N–H and O–H groups in total. The van der Waals surface area contributed by atoms with E-state index in [1.54, 1.807) is 73.7 Å². The van der Waals surface area contributed by atoms with Crippen LogP contribution in [0.15, 0.2) is 87.9 Å². The largest absolute Gasteiger partial charge is 0.496 e. The van der Waals surface area contributed by atoms with Crippen molar-refractivity contribution in [2.24, 2.45) is 0 Å². The predicted octanol–water partition coefficient (Wildman–Crippen LogP) is 5.15. The van der Waals surface area contributed by atoms with Crippen LogP contribution in [-0.4, -0.2) is 50.0 Å². The molecule has 4 aromatic rings. The quantitative estimate of drug-likeness (QED) is 0.148. The number of thioether (sulfide) groups is 1. The Bertz CT molecular complexity index is 1640. The van der Waals surface area contributed by atoms with Gasteiger partial charge in [-0.3, -0.25) is 14.4 Å². The highest BCUT2D eigenvalue weighted by atomic mass is 32.2. The van der Waals surface area contributed by atoms with E-state index < -0.39 is 11.8 Å². The van der Waals surface area contributed by atoms with Gasteiger partial charge in [0.1, 0.15) is 17.2 Å². The van der Waals surface area contributed by atoms with E-state index in [1.807, 2.05) is 6.07 Å². The predicted molar refractivity (Wildman–Crippen MR) is 164 cm³/mol. The van der Waals surface area contributed by atoms with E-state index >= 15 is 0 Å². The molecule has 0 aliphatic rings. The lowest BCUT2D eigenvalue weighted by Gasteiger charge is -2.15. The Kier molecular flexibility index (Phi) is 10.4. The SMILES string of the molecule is COc1cc(OC)c(OC)cc1/C=C(/NC(=O)c1ccccc1)C(=O)Nc1cccc(SCC(=O)Nc2cc(C)on2)c1. The van der Waals surface area contributed by atoms with Gasteiger partial charge < -0.3 is 34.7 Å². The third-order valence-electron chi connectivity index (χ3n) is 5.92.